The lowest BCUT2D eigenvalue weighted by Crippen LogP contribution is -2.49. The molecule has 0 aromatic heterocycles. The van der Waals surface area contributed by atoms with Crippen molar-refractivity contribution < 1.29 is 29.6 Å². The molecule has 1 fully saturated rings. The summed E-state index contributed by atoms with van der Waals surface area (Å²) in [4.78, 5) is 18.2. The minimum atomic E-state index is -1.82. The summed E-state index contributed by atoms with van der Waals surface area (Å²) in [6.45, 7) is 5.70. The van der Waals surface area contributed by atoms with Gasteiger partial charge in [0, 0.05) is 19.1 Å². The highest BCUT2D eigenvalue weighted by molar-refractivity contribution is 6.27. The molecule has 1 aliphatic heterocycles. The Balaban J connectivity index is 0.000000487. The van der Waals surface area contributed by atoms with Gasteiger partial charge in [0.2, 0.25) is 0 Å². The summed E-state index contributed by atoms with van der Waals surface area (Å²) in [5.74, 6) is -3.52. The number of nitrogens with two attached hydrogens (primary N) is 1. The standard InChI is InChI=1S/C17H27NO2.C2H2O4/c1-16(2)13-17(8-9-20-16,15(11-18)12-19)10-14-6-4-3-5-7-14;3-1(4)2(5)6/h3-7,15,19H,8-13,18H2,1-2H3;(H,3,4)(H,5,6). The first-order valence-electron chi connectivity index (χ1n) is 8.61. The van der Waals surface area contributed by atoms with Gasteiger partial charge in [-0.3, -0.25) is 0 Å². The van der Waals surface area contributed by atoms with E-state index in [0.29, 0.717) is 6.54 Å². The summed E-state index contributed by atoms with van der Waals surface area (Å²) in [7, 11) is 0. The molecular formula is C19H29NO6. The monoisotopic (exact) mass is 367 g/mol. The van der Waals surface area contributed by atoms with Crippen molar-refractivity contribution in [2.24, 2.45) is 17.1 Å². The van der Waals surface area contributed by atoms with Crippen LogP contribution in [0.5, 0.6) is 0 Å². The first kappa shape index (κ1) is 22.1. The number of ether oxygens (including phenoxy) is 1. The molecule has 1 aromatic rings. The second-order valence-corrected chi connectivity index (χ2v) is 7.29. The summed E-state index contributed by atoms with van der Waals surface area (Å²) in [6, 6.07) is 10.5. The van der Waals surface area contributed by atoms with Gasteiger partial charge in [-0.2, -0.15) is 0 Å². The SMILES string of the molecule is CC1(C)CC(Cc2ccccc2)(C(CN)CO)CCO1.O=C(O)C(=O)O. The van der Waals surface area contributed by atoms with E-state index < -0.39 is 11.9 Å². The number of hydrogen-bond donors (Lipinski definition) is 4. The Morgan fingerprint density at radius 2 is 1.77 bits per heavy atom. The smallest absolute Gasteiger partial charge is 0.414 e. The van der Waals surface area contributed by atoms with E-state index in [1.54, 1.807) is 0 Å². The Hall–Kier alpha value is -1.96. The Kier molecular flexibility index (Phi) is 8.20. The van der Waals surface area contributed by atoms with Crippen molar-refractivity contribution in [1.29, 1.82) is 0 Å². The van der Waals surface area contributed by atoms with Crippen LogP contribution >= 0.6 is 0 Å². The third-order valence-corrected chi connectivity index (χ3v) is 4.82. The number of benzene rings is 1. The molecule has 1 aliphatic rings. The Morgan fingerprint density at radius 1 is 1.19 bits per heavy atom. The Bertz CT molecular complexity index is 573. The predicted octanol–water partition coefficient (Wildman–Crippen LogP) is 1.53. The zero-order valence-corrected chi connectivity index (χ0v) is 15.4. The molecule has 0 saturated carbocycles. The molecule has 2 rings (SSSR count). The van der Waals surface area contributed by atoms with Gasteiger partial charge in [-0.05, 0) is 50.6 Å². The van der Waals surface area contributed by atoms with Gasteiger partial charge >= 0.3 is 11.9 Å². The predicted molar refractivity (Wildman–Crippen MR) is 96.7 cm³/mol. The highest BCUT2D eigenvalue weighted by Crippen LogP contribution is 2.46. The van der Waals surface area contributed by atoms with Gasteiger partial charge in [-0.1, -0.05) is 30.3 Å². The van der Waals surface area contributed by atoms with E-state index in [1.165, 1.54) is 5.56 Å². The maximum absolute atomic E-state index is 9.77. The number of rotatable bonds is 5. The van der Waals surface area contributed by atoms with Gasteiger partial charge in [0.05, 0.1) is 5.60 Å². The lowest BCUT2D eigenvalue weighted by Gasteiger charge is -2.49. The van der Waals surface area contributed by atoms with Crippen LogP contribution in [-0.2, 0) is 20.7 Å². The summed E-state index contributed by atoms with van der Waals surface area (Å²) >= 11 is 0. The number of aliphatic carboxylic acids is 2. The highest BCUT2D eigenvalue weighted by atomic mass is 16.5. The number of aliphatic hydroxyl groups is 1. The van der Waals surface area contributed by atoms with Crippen molar-refractivity contribution in [3.63, 3.8) is 0 Å². The molecule has 1 aromatic carbocycles. The third-order valence-electron chi connectivity index (χ3n) is 4.82. The first-order chi connectivity index (χ1) is 12.2. The summed E-state index contributed by atoms with van der Waals surface area (Å²) in [5, 5.41) is 24.6. The average Bonchev–Trinajstić information content (AvgIpc) is 2.56. The van der Waals surface area contributed by atoms with Gasteiger partial charge in [0.1, 0.15) is 0 Å². The molecule has 0 radical (unpaired) electrons. The van der Waals surface area contributed by atoms with Crippen molar-refractivity contribution in [3.05, 3.63) is 35.9 Å². The van der Waals surface area contributed by atoms with Crippen LogP contribution in [-0.4, -0.2) is 52.6 Å². The molecule has 5 N–H and O–H groups in total. The highest BCUT2D eigenvalue weighted by Gasteiger charge is 2.45. The van der Waals surface area contributed by atoms with Crippen molar-refractivity contribution >= 4 is 11.9 Å². The van der Waals surface area contributed by atoms with Gasteiger partial charge in [-0.15, -0.1) is 0 Å². The molecule has 1 heterocycles. The minimum absolute atomic E-state index is 0.0343. The maximum atomic E-state index is 9.77. The topological polar surface area (TPSA) is 130 Å². The van der Waals surface area contributed by atoms with Gasteiger partial charge < -0.3 is 25.8 Å². The van der Waals surface area contributed by atoms with Crippen LogP contribution in [0.2, 0.25) is 0 Å². The molecule has 0 bridgehead atoms. The van der Waals surface area contributed by atoms with Crippen LogP contribution in [0.25, 0.3) is 0 Å². The van der Waals surface area contributed by atoms with Crippen LogP contribution in [0.15, 0.2) is 30.3 Å². The van der Waals surface area contributed by atoms with E-state index in [1.807, 2.05) is 6.07 Å². The molecule has 7 heteroatoms. The third kappa shape index (κ3) is 6.40. The Morgan fingerprint density at radius 3 is 2.19 bits per heavy atom. The molecule has 7 nitrogen and oxygen atoms in total. The molecular weight excluding hydrogens is 338 g/mol. The van der Waals surface area contributed by atoms with Crippen LogP contribution < -0.4 is 5.73 Å². The second kappa shape index (κ2) is 9.66. The first-order valence-corrected chi connectivity index (χ1v) is 8.61. The van der Waals surface area contributed by atoms with Crippen LogP contribution in [0.4, 0.5) is 0 Å². The minimum Gasteiger partial charge on any atom is -0.473 e. The number of carboxylic acid groups (broad SMARTS) is 2. The van der Waals surface area contributed by atoms with Gasteiger partial charge in [0.15, 0.2) is 0 Å². The number of carbonyl (C=O) groups is 2. The number of hydrogen-bond acceptors (Lipinski definition) is 5. The molecule has 0 aliphatic carbocycles. The fourth-order valence-corrected chi connectivity index (χ4v) is 3.68. The fourth-order valence-electron chi connectivity index (χ4n) is 3.68. The zero-order valence-electron chi connectivity index (χ0n) is 15.4. The molecule has 146 valence electrons. The Labute approximate surface area is 153 Å². The molecule has 1 saturated heterocycles. The fraction of sp³-hybridized carbons (Fsp3) is 0.579. The van der Waals surface area contributed by atoms with E-state index >= 15 is 0 Å². The summed E-state index contributed by atoms with van der Waals surface area (Å²) in [5.41, 5.74) is 7.15. The molecule has 2 unspecified atom stereocenters. The van der Waals surface area contributed by atoms with Crippen molar-refractivity contribution in [1.82, 2.24) is 0 Å². The van der Waals surface area contributed by atoms with E-state index in [9.17, 15) is 5.11 Å². The van der Waals surface area contributed by atoms with Gasteiger partial charge in [-0.25, -0.2) is 9.59 Å². The van der Waals surface area contributed by atoms with Crippen LogP contribution in [0, 0.1) is 11.3 Å². The van der Waals surface area contributed by atoms with E-state index in [2.05, 4.69) is 38.1 Å². The van der Waals surface area contributed by atoms with E-state index in [-0.39, 0.29) is 23.5 Å². The van der Waals surface area contributed by atoms with Crippen LogP contribution in [0.1, 0.15) is 32.3 Å². The maximum Gasteiger partial charge on any atom is 0.414 e. The summed E-state index contributed by atoms with van der Waals surface area (Å²) in [6.07, 6.45) is 2.87. The lowest BCUT2D eigenvalue weighted by molar-refractivity contribution is -0.159. The summed E-state index contributed by atoms with van der Waals surface area (Å²) < 4.78 is 5.88. The van der Waals surface area contributed by atoms with Crippen molar-refractivity contribution in [2.75, 3.05) is 19.8 Å². The molecule has 0 amide bonds. The number of carboxylic acids is 2. The van der Waals surface area contributed by atoms with Crippen molar-refractivity contribution in [2.45, 2.75) is 38.7 Å². The van der Waals surface area contributed by atoms with Gasteiger partial charge in [0.25, 0.3) is 0 Å². The molecule has 0 spiro atoms. The molecule has 2 atom stereocenters. The van der Waals surface area contributed by atoms with E-state index in [0.717, 1.165) is 25.9 Å². The lowest BCUT2D eigenvalue weighted by atomic mass is 9.63. The zero-order chi connectivity index (χ0) is 19.8. The number of aliphatic hydroxyl groups excluding tert-OH is 1. The van der Waals surface area contributed by atoms with Crippen LogP contribution in [0.3, 0.4) is 0 Å². The quantitative estimate of drug-likeness (QED) is 0.581. The largest absolute Gasteiger partial charge is 0.473 e. The average molecular weight is 367 g/mol. The second-order valence-electron chi connectivity index (χ2n) is 7.29. The normalized spacial score (nSPS) is 22.6. The van der Waals surface area contributed by atoms with E-state index in [4.69, 9.17) is 30.3 Å². The van der Waals surface area contributed by atoms with Crippen molar-refractivity contribution in [3.8, 4) is 0 Å². The molecule has 26 heavy (non-hydrogen) atoms.